The quantitative estimate of drug-likeness (QED) is 0.394. The van der Waals surface area contributed by atoms with Crippen LogP contribution in [0.15, 0.2) is 59.9 Å². The predicted molar refractivity (Wildman–Crippen MR) is 137 cm³/mol. The van der Waals surface area contributed by atoms with E-state index in [1.165, 1.54) is 21.6 Å². The Morgan fingerprint density at radius 2 is 1.91 bits per heavy atom. The lowest BCUT2D eigenvalue weighted by molar-refractivity contribution is 0.414. The molecule has 0 aliphatic heterocycles. The summed E-state index contributed by atoms with van der Waals surface area (Å²) in [5, 5.41) is 4.57. The molecule has 0 saturated heterocycles. The molecule has 1 aliphatic rings. The summed E-state index contributed by atoms with van der Waals surface area (Å²) in [7, 11) is 1.69. The van der Waals surface area contributed by atoms with Gasteiger partial charge in [-0.1, -0.05) is 12.1 Å². The number of ether oxygens (including phenoxy) is 1. The summed E-state index contributed by atoms with van der Waals surface area (Å²) in [5.74, 6) is 0.891. The van der Waals surface area contributed by atoms with Gasteiger partial charge in [0, 0.05) is 29.9 Å². The number of aromatic nitrogens is 3. The summed E-state index contributed by atoms with van der Waals surface area (Å²) in [6.45, 7) is 1.63. The standard InChI is InChI=1S/C27H30N4O2S/c1-33-22-7-4-20(5-8-22)12-15-29-21-6-9-23-24(17-21)34-26-25(23)27(32)31(18-30-26)16-2-3-19-10-13-28-14-11-19/h4-5,7-8,10-11,13-14,18,21,29H,2-3,6,9,12,15-17H2,1H3. The minimum Gasteiger partial charge on any atom is -0.497 e. The fourth-order valence-electron chi connectivity index (χ4n) is 4.75. The Bertz CT molecular complexity index is 1300. The van der Waals surface area contributed by atoms with Crippen LogP contribution in [0.1, 0.15) is 34.4 Å². The highest BCUT2D eigenvalue weighted by molar-refractivity contribution is 7.18. The Hall–Kier alpha value is -3.03. The molecule has 1 aliphatic carbocycles. The van der Waals surface area contributed by atoms with Crippen LogP contribution in [-0.4, -0.2) is 34.2 Å². The zero-order valence-corrected chi connectivity index (χ0v) is 20.3. The third kappa shape index (κ3) is 5.05. The molecule has 1 atom stereocenters. The zero-order valence-electron chi connectivity index (χ0n) is 19.5. The van der Waals surface area contributed by atoms with Crippen LogP contribution in [0.3, 0.4) is 0 Å². The number of benzene rings is 1. The molecule has 1 aromatic carbocycles. The van der Waals surface area contributed by atoms with E-state index in [2.05, 4.69) is 27.4 Å². The third-order valence-corrected chi connectivity index (χ3v) is 7.82. The Morgan fingerprint density at radius 3 is 2.71 bits per heavy atom. The van der Waals surface area contributed by atoms with Crippen LogP contribution in [0.2, 0.25) is 0 Å². The van der Waals surface area contributed by atoms with Gasteiger partial charge in [0.15, 0.2) is 0 Å². The van der Waals surface area contributed by atoms with Crippen molar-refractivity contribution in [2.24, 2.45) is 0 Å². The smallest absolute Gasteiger partial charge is 0.262 e. The molecule has 176 valence electrons. The number of nitrogens with zero attached hydrogens (tertiary/aromatic N) is 3. The van der Waals surface area contributed by atoms with Crippen LogP contribution in [0, 0.1) is 0 Å². The number of aryl methyl sites for hydroxylation is 3. The Kier molecular flexibility index (Phi) is 7.02. The lowest BCUT2D eigenvalue weighted by Crippen LogP contribution is -2.35. The highest BCUT2D eigenvalue weighted by atomic mass is 32.1. The van der Waals surface area contributed by atoms with E-state index in [1.54, 1.807) is 29.3 Å². The monoisotopic (exact) mass is 474 g/mol. The minimum atomic E-state index is 0.114. The summed E-state index contributed by atoms with van der Waals surface area (Å²) in [6, 6.07) is 12.8. The summed E-state index contributed by atoms with van der Waals surface area (Å²) >= 11 is 1.70. The van der Waals surface area contributed by atoms with Gasteiger partial charge in [-0.05, 0) is 86.0 Å². The van der Waals surface area contributed by atoms with Crippen LogP contribution in [0.5, 0.6) is 5.75 Å². The normalized spacial score (nSPS) is 15.4. The first-order valence-corrected chi connectivity index (χ1v) is 12.8. The fraction of sp³-hybridized carbons (Fsp3) is 0.370. The highest BCUT2D eigenvalue weighted by Gasteiger charge is 2.25. The zero-order chi connectivity index (χ0) is 23.3. The molecule has 34 heavy (non-hydrogen) atoms. The largest absolute Gasteiger partial charge is 0.497 e. The second-order valence-corrected chi connectivity index (χ2v) is 9.96. The molecule has 6 nitrogen and oxygen atoms in total. The molecule has 0 bridgehead atoms. The first-order chi connectivity index (χ1) is 16.7. The lowest BCUT2D eigenvalue weighted by atomic mass is 9.93. The molecular formula is C27H30N4O2S. The Balaban J connectivity index is 1.21. The maximum absolute atomic E-state index is 13.3. The van der Waals surface area contributed by atoms with Crippen LogP contribution < -0.4 is 15.6 Å². The van der Waals surface area contributed by atoms with Crippen molar-refractivity contribution >= 4 is 21.6 Å². The molecule has 5 rings (SSSR count). The number of pyridine rings is 1. The van der Waals surface area contributed by atoms with Crippen molar-refractivity contribution in [2.45, 2.75) is 51.1 Å². The predicted octanol–water partition coefficient (Wildman–Crippen LogP) is 4.18. The van der Waals surface area contributed by atoms with Gasteiger partial charge in [0.05, 0.1) is 18.8 Å². The second-order valence-electron chi connectivity index (χ2n) is 8.88. The Morgan fingerprint density at radius 1 is 1.12 bits per heavy atom. The van der Waals surface area contributed by atoms with E-state index < -0.39 is 0 Å². The molecule has 4 aromatic rings. The van der Waals surface area contributed by atoms with Crippen molar-refractivity contribution < 1.29 is 4.74 Å². The number of rotatable bonds is 9. The molecule has 3 aromatic heterocycles. The van der Waals surface area contributed by atoms with Gasteiger partial charge in [-0.3, -0.25) is 14.3 Å². The fourth-order valence-corrected chi connectivity index (χ4v) is 6.01. The van der Waals surface area contributed by atoms with Crippen molar-refractivity contribution in [3.05, 3.63) is 87.0 Å². The number of nitrogens with one attached hydrogen (secondary N) is 1. The average Bonchev–Trinajstić information content (AvgIpc) is 3.25. The number of thiophene rings is 1. The van der Waals surface area contributed by atoms with E-state index in [0.29, 0.717) is 12.6 Å². The van der Waals surface area contributed by atoms with Gasteiger partial charge in [0.2, 0.25) is 0 Å². The van der Waals surface area contributed by atoms with Gasteiger partial charge in [-0.2, -0.15) is 0 Å². The van der Waals surface area contributed by atoms with Gasteiger partial charge in [-0.15, -0.1) is 11.3 Å². The molecule has 0 saturated carbocycles. The van der Waals surface area contributed by atoms with E-state index >= 15 is 0 Å². The highest BCUT2D eigenvalue weighted by Crippen LogP contribution is 2.33. The lowest BCUT2D eigenvalue weighted by Gasteiger charge is -2.23. The summed E-state index contributed by atoms with van der Waals surface area (Å²) in [6.07, 6.45) is 11.1. The van der Waals surface area contributed by atoms with Gasteiger partial charge < -0.3 is 10.1 Å². The van der Waals surface area contributed by atoms with Crippen molar-refractivity contribution in [1.82, 2.24) is 19.9 Å². The van der Waals surface area contributed by atoms with Crippen LogP contribution in [-0.2, 0) is 32.2 Å². The van der Waals surface area contributed by atoms with E-state index in [1.807, 2.05) is 36.7 Å². The number of fused-ring (bicyclic) bond motifs is 3. The van der Waals surface area contributed by atoms with Crippen molar-refractivity contribution in [3.63, 3.8) is 0 Å². The van der Waals surface area contributed by atoms with Gasteiger partial charge in [-0.25, -0.2) is 4.98 Å². The van der Waals surface area contributed by atoms with Gasteiger partial charge >= 0.3 is 0 Å². The van der Waals surface area contributed by atoms with Gasteiger partial charge in [0.25, 0.3) is 5.56 Å². The maximum atomic E-state index is 13.3. The first-order valence-electron chi connectivity index (χ1n) is 12.0. The summed E-state index contributed by atoms with van der Waals surface area (Å²) in [4.78, 5) is 24.2. The minimum absolute atomic E-state index is 0.114. The van der Waals surface area contributed by atoms with Gasteiger partial charge in [0.1, 0.15) is 10.6 Å². The number of hydrogen-bond acceptors (Lipinski definition) is 6. The van der Waals surface area contributed by atoms with Crippen LogP contribution >= 0.6 is 11.3 Å². The second kappa shape index (κ2) is 10.5. The van der Waals surface area contributed by atoms with Crippen molar-refractivity contribution in [3.8, 4) is 5.75 Å². The van der Waals surface area contributed by atoms with E-state index in [-0.39, 0.29) is 5.56 Å². The molecule has 1 unspecified atom stereocenters. The SMILES string of the molecule is COc1ccc(CCNC2CCc3c(sc4ncn(CCCc5ccncc5)c(=O)c34)C2)cc1. The van der Waals surface area contributed by atoms with Crippen LogP contribution in [0.25, 0.3) is 10.2 Å². The Labute approximate surface area is 203 Å². The van der Waals surface area contributed by atoms with Crippen molar-refractivity contribution in [1.29, 1.82) is 0 Å². The van der Waals surface area contributed by atoms with E-state index in [0.717, 1.165) is 61.0 Å². The molecule has 7 heteroatoms. The third-order valence-electron chi connectivity index (χ3n) is 6.66. The molecule has 0 fully saturated rings. The molecule has 0 spiro atoms. The summed E-state index contributed by atoms with van der Waals surface area (Å²) < 4.78 is 7.02. The molecule has 3 heterocycles. The van der Waals surface area contributed by atoms with E-state index in [4.69, 9.17) is 4.74 Å². The van der Waals surface area contributed by atoms with E-state index in [9.17, 15) is 4.79 Å². The number of methoxy groups -OCH3 is 1. The topological polar surface area (TPSA) is 69.0 Å². The van der Waals surface area contributed by atoms with Crippen LogP contribution in [0.4, 0.5) is 0 Å². The summed E-state index contributed by atoms with van der Waals surface area (Å²) in [5.41, 5.74) is 3.90. The molecule has 1 N–H and O–H groups in total. The first kappa shape index (κ1) is 22.7. The molecular weight excluding hydrogens is 444 g/mol. The number of hydrogen-bond donors (Lipinski definition) is 1. The molecule has 0 radical (unpaired) electrons. The maximum Gasteiger partial charge on any atom is 0.262 e. The molecule has 0 amide bonds. The average molecular weight is 475 g/mol. The van der Waals surface area contributed by atoms with Crippen molar-refractivity contribution in [2.75, 3.05) is 13.7 Å².